The van der Waals surface area contributed by atoms with E-state index in [0.717, 1.165) is 0 Å². The Balaban J connectivity index is 1.95. The number of ether oxygens (including phenoxy) is 2. The fraction of sp³-hybridized carbons (Fsp3) is 0.231. The second kappa shape index (κ2) is 12.3. The molecule has 37 heavy (non-hydrogen) atoms. The minimum absolute atomic E-state index is 0.0644. The van der Waals surface area contributed by atoms with Crippen LogP contribution >= 0.6 is 0 Å². The molecule has 194 valence electrons. The molecule has 0 aliphatic carbocycles. The predicted octanol–water partition coefficient (Wildman–Crippen LogP) is 3.22. The number of carbonyl (C=O) groups excluding carboxylic acids is 2. The first-order chi connectivity index (χ1) is 17.7. The molecule has 0 radical (unpaired) electrons. The Hall–Kier alpha value is -4.67. The van der Waals surface area contributed by atoms with E-state index in [-0.39, 0.29) is 35.1 Å². The highest BCUT2D eigenvalue weighted by Crippen LogP contribution is 2.33. The Bertz CT molecular complexity index is 1280. The number of amides is 2. The van der Waals surface area contributed by atoms with Crippen LogP contribution in [0.1, 0.15) is 46.4 Å². The van der Waals surface area contributed by atoms with Crippen LogP contribution in [0.5, 0.6) is 11.5 Å². The molecule has 1 aromatic heterocycles. The topological polar surface area (TPSA) is 151 Å². The average molecular weight is 509 g/mol. The molecular weight excluding hydrogens is 479 g/mol. The number of hydrogen-bond donors (Lipinski definition) is 5. The number of aromatic nitrogens is 1. The molecule has 11 heteroatoms. The van der Waals surface area contributed by atoms with Crippen LogP contribution < -0.4 is 31.4 Å². The van der Waals surface area contributed by atoms with E-state index in [1.165, 1.54) is 25.4 Å². The maximum Gasteiger partial charge on any atom is 0.271 e. The van der Waals surface area contributed by atoms with Gasteiger partial charge in [-0.15, -0.1) is 0 Å². The van der Waals surface area contributed by atoms with Crippen molar-refractivity contribution >= 4 is 23.3 Å². The summed E-state index contributed by atoms with van der Waals surface area (Å²) in [5, 5.41) is 10.5. The van der Waals surface area contributed by atoms with Crippen molar-refractivity contribution in [2.45, 2.75) is 26.3 Å². The van der Waals surface area contributed by atoms with Gasteiger partial charge in [0.1, 0.15) is 17.6 Å². The quantitative estimate of drug-likeness (QED) is 0.160. The summed E-state index contributed by atoms with van der Waals surface area (Å²) in [6.07, 6.45) is 3.57. The summed E-state index contributed by atoms with van der Waals surface area (Å²) in [6.45, 7) is 3.88. The van der Waals surface area contributed by atoms with Crippen molar-refractivity contribution < 1.29 is 23.5 Å². The molecule has 0 saturated carbocycles. The number of nitrogens with zero attached hydrogens (tertiary/aromatic N) is 1. The Kier molecular flexibility index (Phi) is 8.98. The normalized spacial score (nSPS) is 11.2. The number of hydrazine groups is 1. The van der Waals surface area contributed by atoms with Crippen molar-refractivity contribution in [2.24, 2.45) is 5.73 Å². The van der Waals surface area contributed by atoms with Crippen LogP contribution in [0.3, 0.4) is 0 Å². The number of hydrogen-bond acceptors (Lipinski definition) is 7. The minimum Gasteiger partial charge on any atom is -0.497 e. The van der Waals surface area contributed by atoms with Crippen molar-refractivity contribution in [1.29, 1.82) is 5.41 Å². The van der Waals surface area contributed by atoms with Crippen LogP contribution in [-0.4, -0.2) is 36.4 Å². The Morgan fingerprint density at radius 1 is 1.16 bits per heavy atom. The minimum atomic E-state index is -1.31. The highest BCUT2D eigenvalue weighted by atomic mass is 19.1. The highest BCUT2D eigenvalue weighted by Gasteiger charge is 2.28. The maximum absolute atomic E-state index is 15.6. The second-order valence-corrected chi connectivity index (χ2v) is 8.08. The molecule has 3 rings (SSSR count). The molecule has 0 saturated heterocycles. The molecule has 0 aliphatic heterocycles. The smallest absolute Gasteiger partial charge is 0.271 e. The van der Waals surface area contributed by atoms with E-state index >= 15 is 4.39 Å². The summed E-state index contributed by atoms with van der Waals surface area (Å²) < 4.78 is 26.4. The molecule has 1 unspecified atom stereocenters. The largest absolute Gasteiger partial charge is 0.497 e. The summed E-state index contributed by atoms with van der Waals surface area (Å²) in [7, 11) is 1.42. The number of nitrogens with two attached hydrogens (primary N) is 1. The fourth-order valence-electron chi connectivity index (χ4n) is 3.39. The van der Waals surface area contributed by atoms with Gasteiger partial charge in [0.2, 0.25) is 0 Å². The number of halogens is 1. The zero-order valence-electron chi connectivity index (χ0n) is 20.7. The van der Waals surface area contributed by atoms with Gasteiger partial charge in [-0.05, 0) is 55.3 Å². The standard InChI is InChI=1S/C26H29FN6O4/c1-4-11-37-21-13-18(36-3)12-19(22(21)27)23(31-17-7-5-16(6-8-17)24(28)29)26(35)33-32-25(34)20-14-30-10-9-15(20)2/h5-10,12-14,23,31H,4,11H2,1-3H3,(H3,28,29)(H,32,34)(H,33,35). The number of amidine groups is 1. The molecule has 1 heterocycles. The summed E-state index contributed by atoms with van der Waals surface area (Å²) in [5.74, 6) is -2.00. The van der Waals surface area contributed by atoms with Gasteiger partial charge < -0.3 is 20.5 Å². The van der Waals surface area contributed by atoms with Gasteiger partial charge >= 0.3 is 0 Å². The van der Waals surface area contributed by atoms with E-state index in [2.05, 4.69) is 21.2 Å². The first kappa shape index (κ1) is 26.9. The number of aryl methyl sites for hydroxylation is 1. The lowest BCUT2D eigenvalue weighted by Gasteiger charge is -2.22. The van der Waals surface area contributed by atoms with Gasteiger partial charge in [-0.25, -0.2) is 4.39 Å². The molecule has 6 N–H and O–H groups in total. The van der Waals surface area contributed by atoms with E-state index in [4.69, 9.17) is 20.6 Å². The summed E-state index contributed by atoms with van der Waals surface area (Å²) in [5.41, 5.74) is 12.0. The first-order valence-corrected chi connectivity index (χ1v) is 11.5. The van der Waals surface area contributed by atoms with Crippen LogP contribution in [0.25, 0.3) is 0 Å². The predicted molar refractivity (Wildman–Crippen MR) is 137 cm³/mol. The van der Waals surface area contributed by atoms with Crippen molar-refractivity contribution in [2.75, 3.05) is 19.0 Å². The zero-order chi connectivity index (χ0) is 26.9. The lowest BCUT2D eigenvalue weighted by molar-refractivity contribution is -0.122. The molecule has 0 fully saturated rings. The van der Waals surface area contributed by atoms with Gasteiger partial charge in [0, 0.05) is 35.3 Å². The number of nitrogens with one attached hydrogen (secondary N) is 4. The monoisotopic (exact) mass is 508 g/mol. The molecule has 2 amide bonds. The number of pyridine rings is 1. The van der Waals surface area contributed by atoms with Crippen molar-refractivity contribution in [3.63, 3.8) is 0 Å². The van der Waals surface area contributed by atoms with Gasteiger partial charge in [0.25, 0.3) is 11.8 Å². The third-order valence-electron chi connectivity index (χ3n) is 5.40. The number of rotatable bonds is 10. The van der Waals surface area contributed by atoms with E-state index in [1.807, 2.05) is 6.92 Å². The summed E-state index contributed by atoms with van der Waals surface area (Å²) >= 11 is 0. The summed E-state index contributed by atoms with van der Waals surface area (Å²) in [6, 6.07) is 9.50. The molecule has 0 spiro atoms. The molecule has 1 atom stereocenters. The van der Waals surface area contributed by atoms with Gasteiger partial charge in [0.05, 0.1) is 19.3 Å². The zero-order valence-corrected chi connectivity index (χ0v) is 20.7. The first-order valence-electron chi connectivity index (χ1n) is 11.5. The Labute approximate surface area is 213 Å². The number of methoxy groups -OCH3 is 1. The maximum atomic E-state index is 15.6. The third-order valence-corrected chi connectivity index (χ3v) is 5.40. The van der Waals surface area contributed by atoms with Crippen LogP contribution in [0.15, 0.2) is 54.9 Å². The molecular formula is C26H29FN6O4. The van der Waals surface area contributed by atoms with Crippen LogP contribution in [0, 0.1) is 18.2 Å². The fourth-order valence-corrected chi connectivity index (χ4v) is 3.39. The van der Waals surface area contributed by atoms with Crippen molar-refractivity contribution in [3.8, 4) is 11.5 Å². The SMILES string of the molecule is CCCOc1cc(OC)cc(C(Nc2ccc(C(=N)N)cc2)C(=O)NNC(=O)c2cnccc2C)c1F. The van der Waals surface area contributed by atoms with Gasteiger partial charge in [-0.2, -0.15) is 0 Å². The molecule has 10 nitrogen and oxygen atoms in total. The van der Waals surface area contributed by atoms with Crippen molar-refractivity contribution in [3.05, 3.63) is 82.9 Å². The molecule has 0 aliphatic rings. The molecule has 3 aromatic rings. The third kappa shape index (κ3) is 6.72. The number of nitrogen functional groups attached to an aromatic ring is 1. The lowest BCUT2D eigenvalue weighted by Crippen LogP contribution is -2.45. The highest BCUT2D eigenvalue weighted by molar-refractivity contribution is 5.97. The Morgan fingerprint density at radius 2 is 1.89 bits per heavy atom. The molecule has 2 aromatic carbocycles. The van der Waals surface area contributed by atoms with Crippen LogP contribution in [0.2, 0.25) is 0 Å². The lowest BCUT2D eigenvalue weighted by atomic mass is 10.0. The van der Waals surface area contributed by atoms with E-state index in [0.29, 0.717) is 23.2 Å². The number of anilines is 1. The van der Waals surface area contributed by atoms with Crippen LogP contribution in [-0.2, 0) is 4.79 Å². The van der Waals surface area contributed by atoms with E-state index in [1.54, 1.807) is 43.5 Å². The van der Waals surface area contributed by atoms with E-state index in [9.17, 15) is 9.59 Å². The van der Waals surface area contributed by atoms with Gasteiger partial charge in [-0.3, -0.25) is 30.8 Å². The molecule has 0 bridgehead atoms. The van der Waals surface area contributed by atoms with E-state index < -0.39 is 23.7 Å². The van der Waals surface area contributed by atoms with Crippen LogP contribution in [0.4, 0.5) is 10.1 Å². The number of benzene rings is 2. The number of carbonyl (C=O) groups is 2. The second-order valence-electron chi connectivity index (χ2n) is 8.08. The van der Waals surface area contributed by atoms with Gasteiger partial charge in [0.15, 0.2) is 11.6 Å². The Morgan fingerprint density at radius 3 is 2.51 bits per heavy atom. The average Bonchev–Trinajstić information content (AvgIpc) is 2.90. The van der Waals surface area contributed by atoms with Crippen molar-refractivity contribution in [1.82, 2.24) is 15.8 Å². The summed E-state index contributed by atoms with van der Waals surface area (Å²) in [4.78, 5) is 29.8. The van der Waals surface area contributed by atoms with Gasteiger partial charge in [-0.1, -0.05) is 6.92 Å².